The van der Waals surface area contributed by atoms with Gasteiger partial charge in [0.1, 0.15) is 0 Å². The van der Waals surface area contributed by atoms with Gasteiger partial charge in [-0.05, 0) is 31.9 Å². The van der Waals surface area contributed by atoms with Gasteiger partial charge in [-0.3, -0.25) is 0 Å². The second-order valence-corrected chi connectivity index (χ2v) is 5.19. The molecule has 7 heteroatoms. The van der Waals surface area contributed by atoms with Gasteiger partial charge in [0, 0.05) is 25.4 Å². The Morgan fingerprint density at radius 1 is 1.36 bits per heavy atom. The molecule has 0 aliphatic heterocycles. The van der Waals surface area contributed by atoms with Gasteiger partial charge in [-0.1, -0.05) is 12.2 Å². The number of allylic oxidation sites excluding steroid dienone is 3. The zero-order chi connectivity index (χ0) is 15.4. The Bertz CT molecular complexity index is 701. The molecule has 0 aromatic carbocycles. The lowest BCUT2D eigenvalue weighted by Gasteiger charge is -2.22. The summed E-state index contributed by atoms with van der Waals surface area (Å²) in [5.41, 5.74) is 7.41. The molecule has 0 atom stereocenters. The van der Waals surface area contributed by atoms with E-state index in [-0.39, 0.29) is 0 Å². The first-order valence-corrected chi connectivity index (χ1v) is 7.56. The van der Waals surface area contributed by atoms with Crippen LogP contribution in [0.4, 0.5) is 11.9 Å². The van der Waals surface area contributed by atoms with Crippen molar-refractivity contribution < 1.29 is 0 Å². The van der Waals surface area contributed by atoms with E-state index in [1.165, 1.54) is 0 Å². The third kappa shape index (κ3) is 2.94. The summed E-state index contributed by atoms with van der Waals surface area (Å²) in [6, 6.07) is 1.87. The zero-order valence-corrected chi connectivity index (χ0v) is 12.7. The standard InChI is InChI=1S/C15H21N7/c1-21(12-6-3-2-4-7-12)15-20-14(17-10-5-9-16)19-13-8-11-18-22(13)15/h3,6-8,11H,2,4-5,9-10,16H2,1H3,(H,17,19). The monoisotopic (exact) mass is 299 g/mol. The molecule has 22 heavy (non-hydrogen) atoms. The minimum atomic E-state index is 0.601. The number of nitrogens with two attached hydrogens (primary N) is 1. The lowest BCUT2D eigenvalue weighted by atomic mass is 10.1. The van der Waals surface area contributed by atoms with Crippen LogP contribution in [-0.4, -0.2) is 39.7 Å². The highest BCUT2D eigenvalue weighted by Gasteiger charge is 2.15. The first-order valence-electron chi connectivity index (χ1n) is 7.56. The van der Waals surface area contributed by atoms with Gasteiger partial charge in [-0.2, -0.15) is 19.6 Å². The number of aromatic nitrogens is 4. The molecule has 1 aliphatic carbocycles. The van der Waals surface area contributed by atoms with Crippen molar-refractivity contribution in [2.24, 2.45) is 5.73 Å². The van der Waals surface area contributed by atoms with Crippen LogP contribution < -0.4 is 16.0 Å². The normalized spacial score (nSPS) is 14.2. The second-order valence-electron chi connectivity index (χ2n) is 5.19. The first kappa shape index (κ1) is 14.5. The molecule has 0 unspecified atom stereocenters. The summed E-state index contributed by atoms with van der Waals surface area (Å²) in [7, 11) is 1.99. The molecule has 0 radical (unpaired) electrons. The van der Waals surface area contributed by atoms with E-state index < -0.39 is 0 Å². The van der Waals surface area contributed by atoms with Crippen LogP contribution >= 0.6 is 0 Å². The van der Waals surface area contributed by atoms with E-state index in [0.717, 1.165) is 43.1 Å². The highest BCUT2D eigenvalue weighted by Crippen LogP contribution is 2.21. The maximum Gasteiger partial charge on any atom is 0.236 e. The quantitative estimate of drug-likeness (QED) is 0.787. The van der Waals surface area contributed by atoms with E-state index in [4.69, 9.17) is 5.73 Å². The van der Waals surface area contributed by atoms with Crippen LogP contribution in [0.2, 0.25) is 0 Å². The summed E-state index contributed by atoms with van der Waals surface area (Å²) in [4.78, 5) is 11.1. The molecule has 1 aliphatic rings. The van der Waals surface area contributed by atoms with Crippen LogP contribution in [-0.2, 0) is 0 Å². The smallest absolute Gasteiger partial charge is 0.236 e. The third-order valence-electron chi connectivity index (χ3n) is 3.57. The Kier molecular flexibility index (Phi) is 4.34. The van der Waals surface area contributed by atoms with Crippen molar-refractivity contribution in [1.29, 1.82) is 0 Å². The molecule has 3 N–H and O–H groups in total. The van der Waals surface area contributed by atoms with Crippen molar-refractivity contribution in [3.63, 3.8) is 0 Å². The maximum absolute atomic E-state index is 5.52. The van der Waals surface area contributed by atoms with E-state index in [9.17, 15) is 0 Å². The molecule has 0 spiro atoms. The van der Waals surface area contributed by atoms with Crippen molar-refractivity contribution in [2.75, 3.05) is 30.4 Å². The van der Waals surface area contributed by atoms with Crippen LogP contribution in [0.15, 0.2) is 36.2 Å². The fourth-order valence-corrected chi connectivity index (χ4v) is 2.37. The van der Waals surface area contributed by atoms with E-state index in [1.54, 1.807) is 10.7 Å². The lowest BCUT2D eigenvalue weighted by molar-refractivity contribution is 0.830. The zero-order valence-electron chi connectivity index (χ0n) is 12.7. The predicted molar refractivity (Wildman–Crippen MR) is 87.8 cm³/mol. The largest absolute Gasteiger partial charge is 0.354 e. The summed E-state index contributed by atoms with van der Waals surface area (Å²) in [6.45, 7) is 1.40. The van der Waals surface area contributed by atoms with Gasteiger partial charge in [-0.15, -0.1) is 0 Å². The van der Waals surface area contributed by atoms with Gasteiger partial charge in [0.25, 0.3) is 0 Å². The molecule has 0 saturated heterocycles. The summed E-state index contributed by atoms with van der Waals surface area (Å²) in [5.74, 6) is 1.34. The summed E-state index contributed by atoms with van der Waals surface area (Å²) < 4.78 is 1.75. The van der Waals surface area contributed by atoms with Gasteiger partial charge >= 0.3 is 0 Å². The van der Waals surface area contributed by atoms with Crippen LogP contribution in [0.1, 0.15) is 19.3 Å². The maximum atomic E-state index is 5.52. The topological polar surface area (TPSA) is 84.4 Å². The van der Waals surface area contributed by atoms with Gasteiger partial charge in [-0.25, -0.2) is 0 Å². The first-order chi connectivity index (χ1) is 10.8. The molecule has 2 aromatic rings. The fourth-order valence-electron chi connectivity index (χ4n) is 2.37. The van der Waals surface area contributed by atoms with Crippen LogP contribution in [0.5, 0.6) is 0 Å². The molecule has 116 valence electrons. The number of hydrogen-bond acceptors (Lipinski definition) is 6. The predicted octanol–water partition coefficient (Wildman–Crippen LogP) is 1.56. The Hall–Kier alpha value is -2.41. The van der Waals surface area contributed by atoms with Gasteiger partial charge in [0.05, 0.1) is 6.20 Å². The van der Waals surface area contributed by atoms with Gasteiger partial charge < -0.3 is 16.0 Å². The van der Waals surface area contributed by atoms with E-state index in [1.807, 2.05) is 18.0 Å². The minimum absolute atomic E-state index is 0.601. The SMILES string of the molecule is CN(C1=CCCC=C1)c1nc(NCCCN)nc2ccnn12. The van der Waals surface area contributed by atoms with E-state index >= 15 is 0 Å². The molecular weight excluding hydrogens is 278 g/mol. The molecule has 7 nitrogen and oxygen atoms in total. The molecular formula is C15H21N7. The molecule has 2 aromatic heterocycles. The van der Waals surface area contributed by atoms with E-state index in [0.29, 0.717) is 12.5 Å². The van der Waals surface area contributed by atoms with Crippen molar-refractivity contribution in [1.82, 2.24) is 19.6 Å². The van der Waals surface area contributed by atoms with Crippen LogP contribution in [0.25, 0.3) is 5.65 Å². The lowest BCUT2D eigenvalue weighted by Crippen LogP contribution is -2.22. The Morgan fingerprint density at radius 2 is 2.27 bits per heavy atom. The number of fused-ring (bicyclic) bond motifs is 1. The molecule has 0 bridgehead atoms. The van der Waals surface area contributed by atoms with Crippen molar-refractivity contribution in [3.8, 4) is 0 Å². The van der Waals surface area contributed by atoms with Crippen molar-refractivity contribution >= 4 is 17.5 Å². The highest BCUT2D eigenvalue weighted by molar-refractivity contribution is 5.54. The summed E-state index contributed by atoms with van der Waals surface area (Å²) >= 11 is 0. The fraction of sp³-hybridized carbons (Fsp3) is 0.400. The highest BCUT2D eigenvalue weighted by atomic mass is 15.4. The number of likely N-dealkylation sites (N-methyl/N-ethyl adjacent to an activating group) is 1. The van der Waals surface area contributed by atoms with Crippen molar-refractivity contribution in [2.45, 2.75) is 19.3 Å². The molecule has 0 fully saturated rings. The number of nitrogens with zero attached hydrogens (tertiary/aromatic N) is 5. The minimum Gasteiger partial charge on any atom is -0.354 e. The van der Waals surface area contributed by atoms with E-state index in [2.05, 4.69) is 38.6 Å². The molecule has 3 rings (SSSR count). The Labute approximate surface area is 129 Å². The molecule has 0 amide bonds. The average molecular weight is 299 g/mol. The van der Waals surface area contributed by atoms with Gasteiger partial charge in [0.15, 0.2) is 5.65 Å². The van der Waals surface area contributed by atoms with Crippen LogP contribution in [0.3, 0.4) is 0 Å². The second kappa shape index (κ2) is 6.57. The number of rotatable bonds is 6. The molecule has 0 saturated carbocycles. The van der Waals surface area contributed by atoms with Crippen molar-refractivity contribution in [3.05, 3.63) is 36.2 Å². The Morgan fingerprint density at radius 3 is 3.05 bits per heavy atom. The summed E-state index contributed by atoms with van der Waals surface area (Å²) in [6.07, 6.45) is 11.2. The Balaban J connectivity index is 1.94. The third-order valence-corrected chi connectivity index (χ3v) is 3.57. The number of hydrogen-bond donors (Lipinski definition) is 2. The average Bonchev–Trinajstić information content (AvgIpc) is 3.03. The number of anilines is 2. The number of nitrogens with one attached hydrogen (secondary N) is 1. The summed E-state index contributed by atoms with van der Waals surface area (Å²) in [5, 5.41) is 7.54. The van der Waals surface area contributed by atoms with Crippen LogP contribution in [0, 0.1) is 0 Å². The van der Waals surface area contributed by atoms with Gasteiger partial charge in [0.2, 0.25) is 11.9 Å². The molecule has 2 heterocycles.